The molecule has 2 nitrogen and oxygen atoms in total. The summed E-state index contributed by atoms with van der Waals surface area (Å²) in [6.07, 6.45) is 6.04. The highest BCUT2D eigenvalue weighted by molar-refractivity contribution is 5.37. The summed E-state index contributed by atoms with van der Waals surface area (Å²) in [6.45, 7) is -0.134. The summed E-state index contributed by atoms with van der Waals surface area (Å²) in [6, 6.07) is 6.57. The highest BCUT2D eigenvalue weighted by atomic mass is 16.3. The number of hydrogen-bond donors (Lipinski definition) is 2. The molecular weight excluding hydrogens is 224 g/mol. The predicted molar refractivity (Wildman–Crippen MR) is 72.2 cm³/mol. The average molecular weight is 242 g/mol. The van der Waals surface area contributed by atoms with Gasteiger partial charge in [-0.2, -0.15) is 0 Å². The largest absolute Gasteiger partial charge is 0.392 e. The van der Waals surface area contributed by atoms with E-state index in [1.807, 2.05) is 0 Å². The van der Waals surface area contributed by atoms with Crippen molar-refractivity contribution in [2.75, 3.05) is 13.2 Å². The molecule has 0 aromatic heterocycles. The van der Waals surface area contributed by atoms with Gasteiger partial charge in [-0.1, -0.05) is 30.0 Å². The maximum Gasteiger partial charge on any atom is 0.104 e. The standard InChI is InChI=1S/C16H18O2/c17-9-2-1-4-14(12-18)10-13-7-8-15-5-3-6-16(15)11-13/h4,7-8,11,17-18H,3,5-6,9-10,12H2/b14-4+. The number of aliphatic hydroxyl groups is 2. The van der Waals surface area contributed by atoms with Gasteiger partial charge in [0.25, 0.3) is 0 Å². The molecule has 1 aliphatic carbocycles. The first-order valence-electron chi connectivity index (χ1n) is 6.32. The average Bonchev–Trinajstić information content (AvgIpc) is 2.85. The third-order valence-corrected chi connectivity index (χ3v) is 3.25. The maximum absolute atomic E-state index is 9.28. The molecule has 1 aliphatic rings. The summed E-state index contributed by atoms with van der Waals surface area (Å²) in [7, 11) is 0. The van der Waals surface area contributed by atoms with Crippen LogP contribution in [0.1, 0.15) is 23.1 Å². The van der Waals surface area contributed by atoms with Crippen LogP contribution in [0, 0.1) is 11.8 Å². The van der Waals surface area contributed by atoms with Crippen molar-refractivity contribution in [3.05, 3.63) is 46.5 Å². The lowest BCUT2D eigenvalue weighted by atomic mass is 10.0. The first-order valence-corrected chi connectivity index (χ1v) is 6.32. The van der Waals surface area contributed by atoms with E-state index in [1.165, 1.54) is 36.0 Å². The first-order chi connectivity index (χ1) is 8.83. The number of fused-ring (bicyclic) bond motifs is 1. The smallest absolute Gasteiger partial charge is 0.104 e. The Bertz CT molecular complexity index is 504. The van der Waals surface area contributed by atoms with Gasteiger partial charge in [0, 0.05) is 0 Å². The molecule has 0 heterocycles. The van der Waals surface area contributed by atoms with Crippen LogP contribution in [-0.2, 0) is 19.3 Å². The van der Waals surface area contributed by atoms with Gasteiger partial charge in [-0.25, -0.2) is 0 Å². The van der Waals surface area contributed by atoms with Crippen LogP contribution in [0.25, 0.3) is 0 Å². The summed E-state index contributed by atoms with van der Waals surface area (Å²) >= 11 is 0. The molecule has 0 aliphatic heterocycles. The van der Waals surface area contributed by atoms with Gasteiger partial charge in [-0.3, -0.25) is 0 Å². The van der Waals surface area contributed by atoms with E-state index >= 15 is 0 Å². The van der Waals surface area contributed by atoms with Gasteiger partial charge in [-0.05, 0) is 54.0 Å². The normalized spacial score (nSPS) is 14.0. The summed E-state index contributed by atoms with van der Waals surface area (Å²) in [5.41, 5.74) is 5.02. The Morgan fingerprint density at radius 3 is 2.83 bits per heavy atom. The zero-order chi connectivity index (χ0) is 12.8. The van der Waals surface area contributed by atoms with Gasteiger partial charge < -0.3 is 10.2 Å². The van der Waals surface area contributed by atoms with Crippen molar-refractivity contribution in [1.82, 2.24) is 0 Å². The number of rotatable bonds is 3. The molecule has 0 spiro atoms. The Hall–Kier alpha value is -1.56. The Morgan fingerprint density at radius 1 is 1.22 bits per heavy atom. The van der Waals surface area contributed by atoms with E-state index in [0.717, 1.165) is 12.0 Å². The van der Waals surface area contributed by atoms with Crippen LogP contribution in [-0.4, -0.2) is 23.4 Å². The van der Waals surface area contributed by atoms with Crippen molar-refractivity contribution >= 4 is 0 Å². The van der Waals surface area contributed by atoms with Gasteiger partial charge >= 0.3 is 0 Å². The number of aryl methyl sites for hydroxylation is 2. The molecule has 0 unspecified atom stereocenters. The fourth-order valence-electron chi connectivity index (χ4n) is 2.35. The van der Waals surface area contributed by atoms with E-state index in [4.69, 9.17) is 5.11 Å². The number of hydrogen-bond acceptors (Lipinski definition) is 2. The molecule has 2 rings (SSSR count). The van der Waals surface area contributed by atoms with Crippen molar-refractivity contribution < 1.29 is 10.2 Å². The lowest BCUT2D eigenvalue weighted by Gasteiger charge is -2.06. The molecule has 1 aromatic carbocycles. The molecule has 94 valence electrons. The molecular formula is C16H18O2. The molecule has 2 heteroatoms. The molecule has 0 radical (unpaired) electrons. The molecule has 1 aromatic rings. The molecule has 0 saturated heterocycles. The Labute approximate surface area is 108 Å². The fraction of sp³-hybridized carbons (Fsp3) is 0.375. The molecule has 2 N–H and O–H groups in total. The van der Waals surface area contributed by atoms with Gasteiger partial charge in [0.1, 0.15) is 6.61 Å². The lowest BCUT2D eigenvalue weighted by Crippen LogP contribution is -1.97. The Balaban J connectivity index is 2.10. The monoisotopic (exact) mass is 242 g/mol. The van der Waals surface area contributed by atoms with E-state index in [0.29, 0.717) is 0 Å². The summed E-state index contributed by atoms with van der Waals surface area (Å²) in [5, 5.41) is 17.9. The quantitative estimate of drug-likeness (QED) is 0.791. The molecule has 18 heavy (non-hydrogen) atoms. The summed E-state index contributed by atoms with van der Waals surface area (Å²) < 4.78 is 0. The second-order valence-corrected chi connectivity index (χ2v) is 4.57. The predicted octanol–water partition coefficient (Wildman–Crippen LogP) is 1.63. The second-order valence-electron chi connectivity index (χ2n) is 4.57. The van der Waals surface area contributed by atoms with Crippen molar-refractivity contribution in [1.29, 1.82) is 0 Å². The topological polar surface area (TPSA) is 40.5 Å². The number of aliphatic hydroxyl groups excluding tert-OH is 2. The summed E-state index contributed by atoms with van der Waals surface area (Å²) in [4.78, 5) is 0. The van der Waals surface area contributed by atoms with Crippen LogP contribution in [0.4, 0.5) is 0 Å². The first kappa shape index (κ1) is 12.9. The minimum absolute atomic E-state index is 0.0111. The lowest BCUT2D eigenvalue weighted by molar-refractivity contribution is 0.328. The Morgan fingerprint density at radius 2 is 2.06 bits per heavy atom. The molecule has 0 bridgehead atoms. The SMILES string of the molecule is OCC#C/C=C(/CO)Cc1ccc2c(c1)CCC2. The van der Waals surface area contributed by atoms with Crippen LogP contribution in [0.3, 0.4) is 0 Å². The number of allylic oxidation sites excluding steroid dienone is 1. The number of benzene rings is 1. The van der Waals surface area contributed by atoms with E-state index in [1.54, 1.807) is 6.08 Å². The Kier molecular flexibility index (Phi) is 4.58. The van der Waals surface area contributed by atoms with Crippen LogP contribution in [0.15, 0.2) is 29.8 Å². The third-order valence-electron chi connectivity index (χ3n) is 3.25. The molecule has 0 amide bonds. The third kappa shape index (κ3) is 3.22. The van der Waals surface area contributed by atoms with E-state index < -0.39 is 0 Å². The van der Waals surface area contributed by atoms with Crippen LogP contribution >= 0.6 is 0 Å². The fourth-order valence-corrected chi connectivity index (χ4v) is 2.35. The minimum Gasteiger partial charge on any atom is -0.392 e. The highest BCUT2D eigenvalue weighted by Gasteiger charge is 2.10. The van der Waals surface area contributed by atoms with E-state index in [2.05, 4.69) is 30.0 Å². The second kappa shape index (κ2) is 6.39. The van der Waals surface area contributed by atoms with Crippen molar-refractivity contribution in [3.63, 3.8) is 0 Å². The van der Waals surface area contributed by atoms with Crippen molar-refractivity contribution in [3.8, 4) is 11.8 Å². The van der Waals surface area contributed by atoms with Crippen molar-refractivity contribution in [2.24, 2.45) is 0 Å². The van der Waals surface area contributed by atoms with Gasteiger partial charge in [-0.15, -0.1) is 0 Å². The van der Waals surface area contributed by atoms with Crippen molar-refractivity contribution in [2.45, 2.75) is 25.7 Å². The van der Waals surface area contributed by atoms with Crippen LogP contribution in [0.2, 0.25) is 0 Å². The zero-order valence-electron chi connectivity index (χ0n) is 10.4. The van der Waals surface area contributed by atoms with Gasteiger partial charge in [0.15, 0.2) is 0 Å². The maximum atomic E-state index is 9.28. The molecule has 0 atom stereocenters. The molecule has 0 fully saturated rings. The molecule has 0 saturated carbocycles. The van der Waals surface area contributed by atoms with Gasteiger partial charge in [0.05, 0.1) is 6.61 Å². The van der Waals surface area contributed by atoms with Crippen LogP contribution < -0.4 is 0 Å². The van der Waals surface area contributed by atoms with E-state index in [-0.39, 0.29) is 13.2 Å². The minimum atomic E-state index is -0.145. The van der Waals surface area contributed by atoms with E-state index in [9.17, 15) is 5.11 Å². The zero-order valence-corrected chi connectivity index (χ0v) is 10.4. The van der Waals surface area contributed by atoms with Crippen LogP contribution in [0.5, 0.6) is 0 Å². The highest BCUT2D eigenvalue weighted by Crippen LogP contribution is 2.23. The summed E-state index contributed by atoms with van der Waals surface area (Å²) in [5.74, 6) is 5.30. The van der Waals surface area contributed by atoms with Gasteiger partial charge in [0.2, 0.25) is 0 Å².